The van der Waals surface area contributed by atoms with Gasteiger partial charge in [-0.15, -0.1) is 0 Å². The molecule has 3 fully saturated rings. The van der Waals surface area contributed by atoms with Crippen molar-refractivity contribution in [3.05, 3.63) is 35.1 Å². The number of thiazole rings is 1. The predicted octanol–water partition coefficient (Wildman–Crippen LogP) is 3.21. The van der Waals surface area contributed by atoms with Crippen molar-refractivity contribution >= 4 is 61.0 Å². The first-order valence-electron chi connectivity index (χ1n) is 12.9. The van der Waals surface area contributed by atoms with Crippen LogP contribution in [-0.2, 0) is 4.74 Å². The first-order chi connectivity index (χ1) is 18.5. The van der Waals surface area contributed by atoms with Crippen molar-refractivity contribution in [2.75, 3.05) is 75.0 Å². The average Bonchev–Trinajstić information content (AvgIpc) is 3.53. The molecule has 3 aliphatic rings. The van der Waals surface area contributed by atoms with Gasteiger partial charge in [0.1, 0.15) is 11.3 Å². The Labute approximate surface area is 228 Å². The molecule has 0 bridgehead atoms. The Balaban J connectivity index is 1.41. The zero-order valence-corrected chi connectivity index (χ0v) is 22.5. The van der Waals surface area contributed by atoms with Gasteiger partial charge in [0.25, 0.3) is 0 Å². The van der Waals surface area contributed by atoms with Crippen LogP contribution in [0.15, 0.2) is 24.3 Å². The quantitative estimate of drug-likeness (QED) is 0.396. The smallest absolute Gasteiger partial charge is 0.228 e. The third-order valence-corrected chi connectivity index (χ3v) is 8.98. The second-order valence-electron chi connectivity index (χ2n) is 10.1. The van der Waals surface area contributed by atoms with Crippen LogP contribution in [0.4, 0.5) is 21.3 Å². The molecule has 7 rings (SSSR count). The normalized spacial score (nSPS) is 22.5. The number of morpholine rings is 1. The van der Waals surface area contributed by atoms with Gasteiger partial charge in [-0.2, -0.15) is 4.98 Å². The lowest BCUT2D eigenvalue weighted by Crippen LogP contribution is -2.48. The Kier molecular flexibility index (Phi) is 6.01. The number of benzene rings is 2. The molecule has 12 heteroatoms. The van der Waals surface area contributed by atoms with Crippen LogP contribution >= 0.6 is 22.9 Å². The number of hydrogen-bond acceptors (Lipinski definition) is 10. The minimum Gasteiger partial charge on any atom is -0.375 e. The van der Waals surface area contributed by atoms with E-state index >= 15 is 4.39 Å². The number of likely N-dealkylation sites (N-methyl/N-ethyl adjacent to an activating group) is 1. The number of nitrogens with two attached hydrogens (primary N) is 1. The molecule has 3 aliphatic heterocycles. The number of fused-ring (bicyclic) bond motifs is 3. The largest absolute Gasteiger partial charge is 0.375 e. The second-order valence-corrected chi connectivity index (χ2v) is 11.6. The van der Waals surface area contributed by atoms with E-state index in [9.17, 15) is 0 Å². The summed E-state index contributed by atoms with van der Waals surface area (Å²) in [5.41, 5.74) is 7.76. The number of nitrogens with zero attached hydrogens (tertiary/aromatic N) is 6. The molecule has 2 atom stereocenters. The number of para-hydroxylation sites is 1. The van der Waals surface area contributed by atoms with Gasteiger partial charge in [-0.1, -0.05) is 35.1 Å². The minimum absolute atomic E-state index is 0.0778. The van der Waals surface area contributed by atoms with Crippen LogP contribution < -0.4 is 20.9 Å². The molecular weight excluding hydrogens is 527 g/mol. The lowest BCUT2D eigenvalue weighted by molar-refractivity contribution is -0.0362. The fourth-order valence-corrected chi connectivity index (χ4v) is 6.92. The minimum atomic E-state index is -0.475. The Morgan fingerprint density at radius 2 is 1.95 bits per heavy atom. The van der Waals surface area contributed by atoms with Gasteiger partial charge in [-0.05, 0) is 19.2 Å². The van der Waals surface area contributed by atoms with E-state index in [-0.39, 0.29) is 23.2 Å². The van der Waals surface area contributed by atoms with Crippen LogP contribution in [0.1, 0.15) is 0 Å². The topological polar surface area (TPSA) is 95.7 Å². The number of halogens is 2. The van der Waals surface area contributed by atoms with Crippen LogP contribution in [0.3, 0.4) is 0 Å². The highest BCUT2D eigenvalue weighted by molar-refractivity contribution is 7.22. The molecule has 9 nitrogen and oxygen atoms in total. The molecule has 4 aromatic rings. The summed E-state index contributed by atoms with van der Waals surface area (Å²) in [6, 6.07) is 7.67. The zero-order valence-electron chi connectivity index (χ0n) is 21.0. The Bertz CT molecular complexity index is 1540. The molecule has 2 aromatic heterocycles. The highest BCUT2D eigenvalue weighted by atomic mass is 35.5. The van der Waals surface area contributed by atoms with Gasteiger partial charge in [0.15, 0.2) is 10.9 Å². The molecule has 198 valence electrons. The number of aromatic nitrogens is 3. The number of rotatable bonds is 3. The first-order valence-corrected chi connectivity index (χ1v) is 14.0. The first kappa shape index (κ1) is 24.2. The van der Waals surface area contributed by atoms with E-state index in [0.29, 0.717) is 51.5 Å². The molecule has 3 N–H and O–H groups in total. The summed E-state index contributed by atoms with van der Waals surface area (Å²) in [4.78, 5) is 20.9. The molecule has 5 heterocycles. The molecule has 2 aromatic carbocycles. The van der Waals surface area contributed by atoms with Crippen molar-refractivity contribution in [1.29, 1.82) is 0 Å². The van der Waals surface area contributed by atoms with Crippen molar-refractivity contribution in [3.63, 3.8) is 0 Å². The average molecular weight is 555 g/mol. The maximum absolute atomic E-state index is 16.6. The summed E-state index contributed by atoms with van der Waals surface area (Å²) in [7, 11) is 2.12. The number of anilines is 3. The lowest BCUT2D eigenvalue weighted by atomic mass is 10.0. The molecule has 1 unspecified atom stereocenters. The van der Waals surface area contributed by atoms with Crippen molar-refractivity contribution in [1.82, 2.24) is 25.2 Å². The Morgan fingerprint density at radius 3 is 2.76 bits per heavy atom. The number of ether oxygens (including phenoxy) is 1. The fraction of sp³-hybridized carbons (Fsp3) is 0.423. The van der Waals surface area contributed by atoms with E-state index in [1.807, 2.05) is 18.2 Å². The summed E-state index contributed by atoms with van der Waals surface area (Å²) in [5, 5.41) is 4.71. The fourth-order valence-electron chi connectivity index (χ4n) is 5.86. The molecule has 38 heavy (non-hydrogen) atoms. The van der Waals surface area contributed by atoms with Gasteiger partial charge in [0, 0.05) is 62.3 Å². The van der Waals surface area contributed by atoms with E-state index < -0.39 is 5.82 Å². The van der Waals surface area contributed by atoms with Crippen molar-refractivity contribution < 1.29 is 9.13 Å². The zero-order chi connectivity index (χ0) is 26.0. The molecule has 0 radical (unpaired) electrons. The van der Waals surface area contributed by atoms with E-state index in [1.54, 1.807) is 6.07 Å². The van der Waals surface area contributed by atoms with Crippen LogP contribution in [0.5, 0.6) is 0 Å². The molecular formula is C26H28ClFN8OS. The number of hydrogen-bond donors (Lipinski definition) is 2. The summed E-state index contributed by atoms with van der Waals surface area (Å²) in [6.07, 6.45) is 0.0778. The van der Waals surface area contributed by atoms with Crippen LogP contribution in [0.2, 0.25) is 5.02 Å². The van der Waals surface area contributed by atoms with Crippen molar-refractivity contribution in [2.24, 2.45) is 0 Å². The molecule has 3 saturated heterocycles. The standard InChI is InChI=1S/C26H28ClFN8OS/c1-34-9-10-37-18-13-36(12-17(18)34)26-32-23-15(24(33-26)35-7-5-30-6-8-35)11-16(27)20(21(23)28)14-3-2-4-19-22(14)31-25(29)38-19/h2-4,11,17-18,30H,5-10,12-13H2,1H3,(H2,29,31)/t17?,18-/m1/s1. The third kappa shape index (κ3) is 3.95. The summed E-state index contributed by atoms with van der Waals surface area (Å²) in [6.45, 7) is 6.18. The molecule has 0 saturated carbocycles. The van der Waals surface area contributed by atoms with Gasteiger partial charge in [-0.25, -0.2) is 14.4 Å². The van der Waals surface area contributed by atoms with Gasteiger partial charge in [0.05, 0.1) is 34.0 Å². The Morgan fingerprint density at radius 1 is 1.11 bits per heavy atom. The maximum atomic E-state index is 16.6. The maximum Gasteiger partial charge on any atom is 0.228 e. The van der Waals surface area contributed by atoms with Crippen LogP contribution in [0.25, 0.3) is 32.2 Å². The summed E-state index contributed by atoms with van der Waals surface area (Å²) >= 11 is 8.18. The van der Waals surface area contributed by atoms with E-state index in [2.05, 4.69) is 32.0 Å². The monoisotopic (exact) mass is 554 g/mol. The van der Waals surface area contributed by atoms with Gasteiger partial charge in [-0.3, -0.25) is 4.90 Å². The number of piperazine rings is 1. The van der Waals surface area contributed by atoms with Crippen LogP contribution in [0, 0.1) is 5.82 Å². The van der Waals surface area contributed by atoms with Crippen molar-refractivity contribution in [2.45, 2.75) is 12.1 Å². The third-order valence-electron chi connectivity index (χ3n) is 7.83. The SMILES string of the molecule is CN1CCO[C@@H]2CN(c3nc(N4CCNCC4)c4cc(Cl)c(-c5cccc6sc(N)nc56)c(F)c4n3)CC21. The van der Waals surface area contributed by atoms with Gasteiger partial charge < -0.3 is 25.6 Å². The molecule has 0 spiro atoms. The van der Waals surface area contributed by atoms with Gasteiger partial charge >= 0.3 is 0 Å². The summed E-state index contributed by atoms with van der Waals surface area (Å²) in [5.74, 6) is 0.747. The molecule has 0 aliphatic carbocycles. The lowest BCUT2D eigenvalue weighted by Gasteiger charge is -2.33. The van der Waals surface area contributed by atoms with E-state index in [1.165, 1.54) is 11.3 Å². The van der Waals surface area contributed by atoms with E-state index in [4.69, 9.17) is 32.0 Å². The summed E-state index contributed by atoms with van der Waals surface area (Å²) < 4.78 is 23.5. The number of nitrogens with one attached hydrogen (secondary N) is 1. The highest BCUT2D eigenvalue weighted by Gasteiger charge is 2.40. The van der Waals surface area contributed by atoms with Gasteiger partial charge in [0.2, 0.25) is 5.95 Å². The predicted molar refractivity (Wildman–Crippen MR) is 151 cm³/mol. The highest BCUT2D eigenvalue weighted by Crippen LogP contribution is 2.42. The second kappa shape index (κ2) is 9.42. The molecule has 0 amide bonds. The van der Waals surface area contributed by atoms with E-state index in [0.717, 1.165) is 44.0 Å². The number of nitrogen functional groups attached to an aromatic ring is 1. The van der Waals surface area contributed by atoms with Crippen LogP contribution in [-0.4, -0.2) is 91.5 Å². The Hall–Kier alpha value is -2.83. The van der Waals surface area contributed by atoms with Crippen molar-refractivity contribution in [3.8, 4) is 11.1 Å².